The van der Waals surface area contributed by atoms with E-state index in [1.54, 1.807) is 70.5 Å². The number of esters is 1. The van der Waals surface area contributed by atoms with E-state index in [2.05, 4.69) is 15.2 Å². The molecule has 21 nitrogen and oxygen atoms in total. The van der Waals surface area contributed by atoms with E-state index in [9.17, 15) is 39.9 Å². The maximum absolute atomic E-state index is 14.5. The van der Waals surface area contributed by atoms with Gasteiger partial charge in [-0.25, -0.2) is 9.48 Å². The summed E-state index contributed by atoms with van der Waals surface area (Å²) in [5, 5.41) is 68.4. The van der Waals surface area contributed by atoms with Crippen LogP contribution in [0.5, 0.6) is 0 Å². The molecule has 0 bridgehead atoms. The molecule has 5 heterocycles. The molecule has 0 radical (unpaired) electrons. The van der Waals surface area contributed by atoms with Crippen LogP contribution in [-0.2, 0) is 50.9 Å². The van der Waals surface area contributed by atoms with Crippen molar-refractivity contribution in [3.8, 4) is 0 Å². The fourth-order valence-electron chi connectivity index (χ4n) is 11.9. The number of rotatable bonds is 16. The van der Waals surface area contributed by atoms with Crippen LogP contribution in [0.4, 0.5) is 10.5 Å². The molecule has 4 aliphatic rings. The van der Waals surface area contributed by atoms with E-state index in [0.717, 1.165) is 18.5 Å². The number of aryl methyl sites for hydroxylation is 1. The number of aromatic nitrogens is 3. The monoisotopic (exact) mass is 1070 g/mol. The Kier molecular flexibility index (Phi) is 20.7. The molecule has 430 valence electrons. The van der Waals surface area contributed by atoms with Crippen LogP contribution in [0.3, 0.4) is 0 Å². The molecule has 0 spiro atoms. The number of unbranched alkanes of at least 4 members (excludes halogenated alkanes) is 1. The molecule has 1 aromatic carbocycles. The molecule has 0 unspecified atom stereocenters. The molecule has 4 saturated heterocycles. The number of methoxy groups -OCH3 is 1. The SMILES string of the molecule is CC[C@H]1OC(=O)[C@H](C)[C@@H](O[C@H]2C[C@@](C)(OC)[C@@H](O)[C@H](C)O2)[C@H](C)[C@@H](O[C@@H]2O[C@H](C)C[C@H](N(C)CCCCc3cn(C[C@H]4CN(c5ccc(C(C)=O)cc5)C(=O)O4)nn3)[C@H]2O)[C@](C)(O)C[C@@H](C)CN(C)[C@H](C)[C@@H](O)[C@]1(C)O. The molecule has 2 aromatic rings. The molecule has 4 fully saturated rings. The number of ether oxygens (including phenoxy) is 7. The van der Waals surface area contributed by atoms with Crippen LogP contribution in [0.2, 0.25) is 0 Å². The minimum absolute atomic E-state index is 0.0539. The van der Waals surface area contributed by atoms with Crippen molar-refractivity contribution in [3.05, 3.63) is 41.7 Å². The van der Waals surface area contributed by atoms with Crippen molar-refractivity contribution in [1.29, 1.82) is 0 Å². The summed E-state index contributed by atoms with van der Waals surface area (Å²) in [6.45, 7) is 20.7. The normalized spacial score (nSPS) is 39.6. The third-order valence-electron chi connectivity index (χ3n) is 16.7. The van der Waals surface area contributed by atoms with E-state index < -0.39 is 114 Å². The van der Waals surface area contributed by atoms with Crippen LogP contribution in [0.25, 0.3) is 0 Å². The van der Waals surface area contributed by atoms with Gasteiger partial charge in [-0.05, 0) is 145 Å². The zero-order chi connectivity index (χ0) is 56.2. The maximum atomic E-state index is 14.5. The number of likely N-dealkylation sites (N-methyl/N-ethyl adjacent to an activating group) is 2. The third kappa shape index (κ3) is 14.4. The molecule has 4 aliphatic heterocycles. The first kappa shape index (κ1) is 61.5. The summed E-state index contributed by atoms with van der Waals surface area (Å²) < 4.78 is 45.6. The number of aliphatic hydroxyl groups is 5. The molecular formula is C55H90N6O15. The highest BCUT2D eigenvalue weighted by molar-refractivity contribution is 5.95. The Bertz CT molecular complexity index is 2220. The Morgan fingerprint density at radius 1 is 0.921 bits per heavy atom. The van der Waals surface area contributed by atoms with Crippen LogP contribution in [0, 0.1) is 17.8 Å². The predicted molar refractivity (Wildman–Crippen MR) is 280 cm³/mol. The standard InChI is InChI=1S/C55H90N6O15/c1-15-43-55(11,69)47(64)35(6)59(13)27-31(2)25-53(9,68)49(33(4)46(34(5)50(66)74-43)75-44-26-54(10,70-14)48(65)37(8)72-44)76-51-45(63)42(24-32(3)71-51)58(12)23-17-16-18-39-28-60(57-56-39)29-41-30-61(52(67)73-41)40-21-19-38(20-22-40)36(7)62/h19-22,28,31-35,37,41-49,51,63-65,68-69H,15-18,23-27,29-30H2,1-14H3/t31-,32-,33+,34-,35-,37+,41+,42+,43-,44+,45-,46+,47-,48+,49-,51+,53-,54-,55-/m1/s1. The van der Waals surface area contributed by atoms with Crippen molar-refractivity contribution < 1.29 is 73.1 Å². The van der Waals surface area contributed by atoms with Gasteiger partial charge < -0.3 is 68.5 Å². The van der Waals surface area contributed by atoms with Crippen molar-refractivity contribution in [2.24, 2.45) is 17.8 Å². The molecule has 5 N–H and O–H groups in total. The second-order valence-electron chi connectivity index (χ2n) is 23.3. The van der Waals surface area contributed by atoms with E-state index in [0.29, 0.717) is 50.3 Å². The number of amides is 1. The first-order chi connectivity index (χ1) is 35.6. The Labute approximate surface area is 449 Å². The summed E-state index contributed by atoms with van der Waals surface area (Å²) in [6, 6.07) is 5.87. The average Bonchev–Trinajstić information content (AvgIpc) is 3.98. The number of carbonyl (C=O) groups is 3. The van der Waals surface area contributed by atoms with Gasteiger partial charge in [-0.1, -0.05) is 26.0 Å². The lowest BCUT2D eigenvalue weighted by Crippen LogP contribution is -2.60. The Balaban J connectivity index is 1.17. The number of carbonyl (C=O) groups excluding carboxylic acids is 3. The Morgan fingerprint density at radius 3 is 2.25 bits per heavy atom. The highest BCUT2D eigenvalue weighted by atomic mass is 16.7. The number of benzene rings is 1. The Morgan fingerprint density at radius 2 is 1.61 bits per heavy atom. The first-order valence-corrected chi connectivity index (χ1v) is 27.4. The zero-order valence-electron chi connectivity index (χ0n) is 47.4. The van der Waals surface area contributed by atoms with Crippen molar-refractivity contribution in [2.75, 3.05) is 45.7 Å². The van der Waals surface area contributed by atoms with Crippen molar-refractivity contribution in [3.63, 3.8) is 0 Å². The number of aliphatic hydroxyl groups excluding tert-OH is 3. The number of cyclic esters (lactones) is 2. The molecule has 76 heavy (non-hydrogen) atoms. The summed E-state index contributed by atoms with van der Waals surface area (Å²) >= 11 is 0. The number of hydrogen-bond acceptors (Lipinski definition) is 19. The van der Waals surface area contributed by atoms with E-state index in [4.69, 9.17) is 33.2 Å². The van der Waals surface area contributed by atoms with Gasteiger partial charge in [0.2, 0.25) is 0 Å². The number of Topliss-reactive ketones (excluding diaryl/α,β-unsaturated/α-hetero) is 1. The van der Waals surface area contributed by atoms with Crippen LogP contribution in [-0.4, -0.2) is 205 Å². The van der Waals surface area contributed by atoms with Gasteiger partial charge in [0.1, 0.15) is 36.1 Å². The minimum Gasteiger partial charge on any atom is -0.459 e. The fraction of sp³-hybridized carbons (Fsp3) is 0.800. The molecular weight excluding hydrogens is 985 g/mol. The van der Waals surface area contributed by atoms with Crippen molar-refractivity contribution in [1.82, 2.24) is 24.8 Å². The second kappa shape index (κ2) is 25.6. The molecule has 1 amide bonds. The maximum Gasteiger partial charge on any atom is 0.414 e. The molecule has 0 saturated carbocycles. The smallest absolute Gasteiger partial charge is 0.414 e. The zero-order valence-corrected chi connectivity index (χ0v) is 47.4. The van der Waals surface area contributed by atoms with Crippen LogP contribution >= 0.6 is 0 Å². The van der Waals surface area contributed by atoms with Gasteiger partial charge >= 0.3 is 12.1 Å². The average molecular weight is 1080 g/mol. The molecule has 19 atom stereocenters. The van der Waals surface area contributed by atoms with E-state index in [1.807, 2.05) is 46.0 Å². The predicted octanol–water partition coefficient (Wildman–Crippen LogP) is 4.11. The van der Waals surface area contributed by atoms with Gasteiger partial charge in [0, 0.05) is 55.5 Å². The summed E-state index contributed by atoms with van der Waals surface area (Å²) in [4.78, 5) is 44.5. The quantitative estimate of drug-likeness (QED) is 0.0900. The number of nitrogens with zero attached hydrogens (tertiary/aromatic N) is 6. The fourth-order valence-corrected chi connectivity index (χ4v) is 11.9. The van der Waals surface area contributed by atoms with Crippen molar-refractivity contribution >= 4 is 23.5 Å². The molecule has 0 aliphatic carbocycles. The van der Waals surface area contributed by atoms with Gasteiger partial charge in [0.25, 0.3) is 0 Å². The Hall–Kier alpha value is -3.71. The van der Waals surface area contributed by atoms with Gasteiger partial charge in [-0.2, -0.15) is 0 Å². The minimum atomic E-state index is -1.84. The molecule has 21 heteroatoms. The lowest BCUT2D eigenvalue weighted by atomic mass is 9.77. The van der Waals surface area contributed by atoms with Crippen molar-refractivity contribution in [2.45, 2.75) is 224 Å². The lowest BCUT2D eigenvalue weighted by Gasteiger charge is -2.49. The summed E-state index contributed by atoms with van der Waals surface area (Å²) in [5.41, 5.74) is -2.54. The highest BCUT2D eigenvalue weighted by Crippen LogP contribution is 2.40. The van der Waals surface area contributed by atoms with Crippen LogP contribution in [0.1, 0.15) is 131 Å². The first-order valence-electron chi connectivity index (χ1n) is 27.4. The van der Waals surface area contributed by atoms with E-state index >= 15 is 0 Å². The number of hydrogen-bond donors (Lipinski definition) is 5. The topological polar surface area (TPSA) is 257 Å². The summed E-state index contributed by atoms with van der Waals surface area (Å²) in [6.07, 6.45) is -5.93. The lowest BCUT2D eigenvalue weighted by molar-refractivity contribution is -0.318. The largest absolute Gasteiger partial charge is 0.459 e. The summed E-state index contributed by atoms with van der Waals surface area (Å²) in [5.74, 6) is -2.86. The third-order valence-corrected chi connectivity index (χ3v) is 16.7. The van der Waals surface area contributed by atoms with E-state index in [1.165, 1.54) is 25.9 Å². The second-order valence-corrected chi connectivity index (χ2v) is 23.3. The van der Waals surface area contributed by atoms with Gasteiger partial charge in [0.05, 0.1) is 60.3 Å². The van der Waals surface area contributed by atoms with Crippen LogP contribution < -0.4 is 4.90 Å². The van der Waals surface area contributed by atoms with Gasteiger partial charge in [-0.15, -0.1) is 5.10 Å². The molecule has 6 rings (SSSR count). The highest BCUT2D eigenvalue weighted by Gasteiger charge is 2.53. The van der Waals surface area contributed by atoms with E-state index in [-0.39, 0.29) is 37.1 Å². The van der Waals surface area contributed by atoms with Gasteiger partial charge in [0.15, 0.2) is 18.4 Å². The summed E-state index contributed by atoms with van der Waals surface area (Å²) in [7, 11) is 5.29. The number of anilines is 1. The molecule has 1 aromatic heterocycles. The van der Waals surface area contributed by atoms with Gasteiger partial charge in [-0.3, -0.25) is 14.5 Å². The van der Waals surface area contributed by atoms with Crippen LogP contribution in [0.15, 0.2) is 30.5 Å². The number of ketones is 1.